The fourth-order valence-electron chi connectivity index (χ4n) is 3.65. The maximum Gasteiger partial charge on any atom is 0.370 e. The molecule has 11 heteroatoms. The number of nitrogens with zero attached hydrogens (tertiary/aromatic N) is 6. The highest BCUT2D eigenvalue weighted by Gasteiger charge is 2.52. The summed E-state index contributed by atoms with van der Waals surface area (Å²) in [6.45, 7) is 5.31. The Morgan fingerprint density at radius 2 is 1.71 bits per heavy atom. The second-order valence-electron chi connectivity index (χ2n) is 8.52. The summed E-state index contributed by atoms with van der Waals surface area (Å²) in [7, 11) is 0. The summed E-state index contributed by atoms with van der Waals surface area (Å²) in [5.74, 6) is -0.977. The van der Waals surface area contributed by atoms with E-state index in [1.54, 1.807) is 45.0 Å². The Balaban J connectivity index is 2.08. The molecule has 0 spiro atoms. The normalized spacial score (nSPS) is 16.6. The lowest BCUT2D eigenvalue weighted by Crippen LogP contribution is -2.53. The van der Waals surface area contributed by atoms with Gasteiger partial charge < -0.3 is 10.2 Å². The Morgan fingerprint density at radius 1 is 1.06 bits per heavy atom. The summed E-state index contributed by atoms with van der Waals surface area (Å²) in [4.78, 5) is 7.43. The molecule has 0 fully saturated rings. The van der Waals surface area contributed by atoms with Crippen molar-refractivity contribution in [1.82, 2.24) is 29.5 Å². The predicted octanol–water partition coefficient (Wildman–Crippen LogP) is 3.08. The van der Waals surface area contributed by atoms with E-state index in [0.29, 0.717) is 15.3 Å². The first kappa shape index (κ1) is 23.2. The molecule has 0 amide bonds. The second kappa shape index (κ2) is 8.60. The van der Waals surface area contributed by atoms with E-state index in [1.807, 2.05) is 0 Å². The first-order valence-corrected chi connectivity index (χ1v) is 10.0. The van der Waals surface area contributed by atoms with Crippen LogP contribution in [0.1, 0.15) is 38.7 Å². The van der Waals surface area contributed by atoms with Gasteiger partial charge in [-0.15, -0.1) is 0 Å². The molecular weight excluding hydrogens is 430 g/mol. The monoisotopic (exact) mass is 454 g/mol. The summed E-state index contributed by atoms with van der Waals surface area (Å²) in [6.07, 6.45) is 1.86. The molecule has 3 atom stereocenters. The van der Waals surface area contributed by atoms with E-state index >= 15 is 0 Å². The number of aliphatic hydroxyl groups excluding tert-OH is 1. The summed E-state index contributed by atoms with van der Waals surface area (Å²) in [5.41, 5.74) is -2.01. The number of alkyl halides is 2. The van der Waals surface area contributed by atoms with Gasteiger partial charge in [0.15, 0.2) is 0 Å². The highest BCUT2D eigenvalue weighted by atomic mass is 35.5. The molecule has 1 aromatic carbocycles. The first-order chi connectivity index (χ1) is 14.5. The van der Waals surface area contributed by atoms with Crippen molar-refractivity contribution in [3.63, 3.8) is 0 Å². The molecule has 0 radical (unpaired) electrons. The molecule has 31 heavy (non-hydrogen) atoms. The van der Waals surface area contributed by atoms with E-state index in [9.17, 15) is 19.0 Å². The van der Waals surface area contributed by atoms with E-state index < -0.39 is 35.5 Å². The van der Waals surface area contributed by atoms with Crippen LogP contribution < -0.4 is 0 Å². The molecule has 2 N–H and O–H groups in total. The minimum Gasteiger partial charge on any atom is -0.387 e. The van der Waals surface area contributed by atoms with Crippen LogP contribution in [0.5, 0.6) is 0 Å². The zero-order valence-electron chi connectivity index (χ0n) is 17.4. The van der Waals surface area contributed by atoms with E-state index in [2.05, 4.69) is 20.2 Å². The van der Waals surface area contributed by atoms with Crippen molar-refractivity contribution in [1.29, 1.82) is 0 Å². The van der Waals surface area contributed by atoms with Gasteiger partial charge in [0.05, 0.1) is 12.1 Å². The Morgan fingerprint density at radius 3 is 2.26 bits per heavy atom. The van der Waals surface area contributed by atoms with Crippen molar-refractivity contribution in [3.05, 3.63) is 60.2 Å². The van der Waals surface area contributed by atoms with Gasteiger partial charge in [0.25, 0.3) is 0 Å². The summed E-state index contributed by atoms with van der Waals surface area (Å²) < 4.78 is 31.5. The molecule has 0 aliphatic carbocycles. The van der Waals surface area contributed by atoms with Crippen molar-refractivity contribution < 1.29 is 19.0 Å². The lowest BCUT2D eigenvalue weighted by molar-refractivity contribution is -0.193. The van der Waals surface area contributed by atoms with Gasteiger partial charge in [-0.2, -0.15) is 23.7 Å². The number of halogens is 3. The molecule has 0 saturated carbocycles. The number of rotatable bonds is 8. The van der Waals surface area contributed by atoms with Crippen LogP contribution in [0.15, 0.2) is 49.6 Å². The molecule has 168 valence electrons. The largest absolute Gasteiger partial charge is 0.387 e. The molecule has 2 heterocycles. The molecule has 3 aromatic rings. The third kappa shape index (κ3) is 4.60. The van der Waals surface area contributed by atoms with E-state index in [0.717, 1.165) is 12.7 Å². The van der Waals surface area contributed by atoms with E-state index in [-0.39, 0.29) is 6.54 Å². The summed E-state index contributed by atoms with van der Waals surface area (Å²) in [6, 6.07) is 2.93. The average Bonchev–Trinajstić information content (AvgIpc) is 3.40. The van der Waals surface area contributed by atoms with Crippen LogP contribution in [0.4, 0.5) is 8.78 Å². The number of aromatic nitrogens is 6. The molecule has 0 bridgehead atoms. The van der Waals surface area contributed by atoms with Gasteiger partial charge in [0, 0.05) is 10.9 Å². The van der Waals surface area contributed by atoms with Crippen molar-refractivity contribution >= 4 is 11.6 Å². The quantitative estimate of drug-likeness (QED) is 0.542. The Hall–Kier alpha value is -2.43. The van der Waals surface area contributed by atoms with E-state index in [1.165, 1.54) is 17.3 Å². The lowest BCUT2D eigenvalue weighted by Gasteiger charge is -2.47. The molecular formula is C20H25ClF2N6O2. The highest BCUT2D eigenvalue weighted by molar-refractivity contribution is 6.31. The van der Waals surface area contributed by atoms with Gasteiger partial charge in [-0.25, -0.2) is 9.97 Å². The van der Waals surface area contributed by atoms with Gasteiger partial charge in [-0.3, -0.25) is 4.68 Å². The molecule has 0 aliphatic heterocycles. The fraction of sp³-hybridized carbons (Fsp3) is 0.500. The summed E-state index contributed by atoms with van der Waals surface area (Å²) >= 11 is 6.41. The molecule has 3 unspecified atom stereocenters. The van der Waals surface area contributed by atoms with Crippen LogP contribution in [0.25, 0.3) is 0 Å². The Kier molecular flexibility index (Phi) is 6.45. The molecule has 3 rings (SSSR count). The number of aliphatic hydroxyl groups is 2. The topological polar surface area (TPSA) is 102 Å². The van der Waals surface area contributed by atoms with Crippen LogP contribution in [0.2, 0.25) is 5.02 Å². The van der Waals surface area contributed by atoms with Gasteiger partial charge in [-0.1, -0.05) is 50.6 Å². The number of hydrogen-bond donors (Lipinski definition) is 2. The van der Waals surface area contributed by atoms with Crippen LogP contribution >= 0.6 is 11.6 Å². The van der Waals surface area contributed by atoms with Crippen LogP contribution in [-0.2, 0) is 12.6 Å². The standard InChI is InChI=1S/C20H25ClF2N6O2/c1-18(2,3)19(31,9-28-12-24-10-26-28)15(14-6-4-5-7-16(14)21)8-17(30)20(22,23)29-13-25-11-27-29/h4-7,10-13,15,17,30-31H,8-9H2,1-3H3. The van der Waals surface area contributed by atoms with Crippen LogP contribution in [0.3, 0.4) is 0 Å². The minimum absolute atomic E-state index is 0.0476. The van der Waals surface area contributed by atoms with Crippen LogP contribution in [0, 0.1) is 5.41 Å². The van der Waals surface area contributed by atoms with Crippen molar-refractivity contribution in [2.24, 2.45) is 5.41 Å². The van der Waals surface area contributed by atoms with Gasteiger partial charge in [-0.05, 0) is 23.5 Å². The first-order valence-electron chi connectivity index (χ1n) is 9.67. The van der Waals surface area contributed by atoms with Crippen LogP contribution in [-0.4, -0.2) is 51.4 Å². The SMILES string of the molecule is CC(C)(C)C(O)(Cn1cncn1)C(CC(O)C(F)(F)n1cncn1)c1ccccc1Cl. The maximum absolute atomic E-state index is 14.9. The van der Waals surface area contributed by atoms with Crippen molar-refractivity contribution in [3.8, 4) is 0 Å². The zero-order chi connectivity index (χ0) is 22.9. The number of benzene rings is 1. The zero-order valence-corrected chi connectivity index (χ0v) is 18.2. The second-order valence-corrected chi connectivity index (χ2v) is 8.93. The maximum atomic E-state index is 14.9. The van der Waals surface area contributed by atoms with Crippen molar-refractivity contribution in [2.75, 3.05) is 0 Å². The smallest absolute Gasteiger partial charge is 0.370 e. The molecule has 2 aromatic heterocycles. The Labute approximate surface area is 183 Å². The Bertz CT molecular complexity index is 978. The van der Waals surface area contributed by atoms with Crippen molar-refractivity contribution in [2.45, 2.75) is 57.4 Å². The fourth-order valence-corrected chi connectivity index (χ4v) is 3.92. The molecule has 0 aliphatic rings. The third-order valence-electron chi connectivity index (χ3n) is 5.61. The predicted molar refractivity (Wildman–Crippen MR) is 109 cm³/mol. The molecule has 0 saturated heterocycles. The van der Waals surface area contributed by atoms with Gasteiger partial charge >= 0.3 is 6.05 Å². The van der Waals surface area contributed by atoms with Gasteiger partial charge in [0.2, 0.25) is 0 Å². The molecule has 8 nitrogen and oxygen atoms in total. The third-order valence-corrected chi connectivity index (χ3v) is 5.95. The van der Waals surface area contributed by atoms with E-state index in [4.69, 9.17) is 11.6 Å². The number of hydrogen-bond acceptors (Lipinski definition) is 6. The lowest BCUT2D eigenvalue weighted by atomic mass is 9.65. The highest BCUT2D eigenvalue weighted by Crippen LogP contribution is 2.48. The van der Waals surface area contributed by atoms with Gasteiger partial charge in [0.1, 0.15) is 31.4 Å². The minimum atomic E-state index is -3.75. The summed E-state index contributed by atoms with van der Waals surface area (Å²) in [5, 5.41) is 30.4. The average molecular weight is 455 g/mol.